The Morgan fingerprint density at radius 3 is 2.68 bits per heavy atom. The quantitative estimate of drug-likeness (QED) is 0.779. The fourth-order valence-corrected chi connectivity index (χ4v) is 2.09. The van der Waals surface area contributed by atoms with Crippen molar-refractivity contribution in [3.63, 3.8) is 0 Å². The van der Waals surface area contributed by atoms with Gasteiger partial charge in [-0.1, -0.05) is 36.4 Å². The molecule has 0 radical (unpaired) electrons. The zero-order valence-electron chi connectivity index (χ0n) is 10.2. The summed E-state index contributed by atoms with van der Waals surface area (Å²) in [5.74, 6) is -0.922. The number of fused-ring (bicyclic) bond motifs is 1. The summed E-state index contributed by atoms with van der Waals surface area (Å²) < 4.78 is 1.82. The molecule has 3 aromatic rings. The lowest BCUT2D eigenvalue weighted by Crippen LogP contribution is -2.02. The van der Waals surface area contributed by atoms with Crippen LogP contribution in [0.3, 0.4) is 0 Å². The molecule has 0 aliphatic carbocycles. The molecule has 4 heteroatoms. The van der Waals surface area contributed by atoms with E-state index >= 15 is 0 Å². The molecule has 1 aromatic heterocycles. The highest BCUT2D eigenvalue weighted by Crippen LogP contribution is 2.17. The minimum atomic E-state index is -0.922. The number of carboxylic acid groups (broad SMARTS) is 1. The van der Waals surface area contributed by atoms with Crippen LogP contribution in [0.25, 0.3) is 10.9 Å². The van der Waals surface area contributed by atoms with Gasteiger partial charge in [-0.25, -0.2) is 4.79 Å². The zero-order valence-corrected chi connectivity index (χ0v) is 10.2. The number of aromatic nitrogens is 2. The molecule has 1 heterocycles. The van der Waals surface area contributed by atoms with E-state index in [4.69, 9.17) is 5.11 Å². The lowest BCUT2D eigenvalue weighted by Gasteiger charge is -2.04. The van der Waals surface area contributed by atoms with Crippen LogP contribution in [-0.4, -0.2) is 20.9 Å². The van der Waals surface area contributed by atoms with Crippen molar-refractivity contribution in [1.82, 2.24) is 9.78 Å². The maximum absolute atomic E-state index is 11.0. The second-order valence-corrected chi connectivity index (χ2v) is 4.37. The van der Waals surface area contributed by atoms with Crippen LogP contribution in [0.15, 0.2) is 54.7 Å². The molecule has 0 unspecified atom stereocenters. The summed E-state index contributed by atoms with van der Waals surface area (Å²) in [7, 11) is 0. The van der Waals surface area contributed by atoms with E-state index in [9.17, 15) is 4.79 Å². The molecule has 0 amide bonds. The monoisotopic (exact) mass is 252 g/mol. The predicted molar refractivity (Wildman–Crippen MR) is 72.2 cm³/mol. The predicted octanol–water partition coefficient (Wildman–Crippen LogP) is 2.78. The summed E-state index contributed by atoms with van der Waals surface area (Å²) in [4.78, 5) is 11.0. The molecule has 0 fully saturated rings. The Labute approximate surface area is 109 Å². The highest BCUT2D eigenvalue weighted by molar-refractivity contribution is 5.93. The maximum Gasteiger partial charge on any atom is 0.335 e. The van der Waals surface area contributed by atoms with Gasteiger partial charge < -0.3 is 5.11 Å². The minimum Gasteiger partial charge on any atom is -0.478 e. The molecule has 4 nitrogen and oxygen atoms in total. The summed E-state index contributed by atoms with van der Waals surface area (Å²) >= 11 is 0. The van der Waals surface area contributed by atoms with Gasteiger partial charge in [0.2, 0.25) is 0 Å². The van der Waals surface area contributed by atoms with Gasteiger partial charge in [-0.2, -0.15) is 5.10 Å². The van der Waals surface area contributed by atoms with E-state index in [1.165, 1.54) is 0 Å². The molecule has 1 N–H and O–H groups in total. The number of hydrogen-bond donors (Lipinski definition) is 1. The van der Waals surface area contributed by atoms with Crippen LogP contribution < -0.4 is 0 Å². The highest BCUT2D eigenvalue weighted by atomic mass is 16.4. The Bertz CT molecular complexity index is 732. The molecule has 3 rings (SSSR count). The number of carbonyl (C=O) groups is 1. The van der Waals surface area contributed by atoms with Crippen molar-refractivity contribution in [3.05, 3.63) is 65.9 Å². The van der Waals surface area contributed by atoms with E-state index in [0.717, 1.165) is 16.5 Å². The third-order valence-corrected chi connectivity index (χ3v) is 3.07. The van der Waals surface area contributed by atoms with Crippen LogP contribution >= 0.6 is 0 Å². The number of nitrogens with zero attached hydrogens (tertiary/aromatic N) is 2. The van der Waals surface area contributed by atoms with E-state index in [1.807, 2.05) is 35.0 Å². The van der Waals surface area contributed by atoms with Crippen molar-refractivity contribution in [2.24, 2.45) is 0 Å². The standard InChI is InChI=1S/C15H12N2O2/c18-15(19)12-6-7-13-9-16-17(14(13)8-12)10-11-4-2-1-3-5-11/h1-9H,10H2,(H,18,19). The van der Waals surface area contributed by atoms with Crippen LogP contribution in [0.2, 0.25) is 0 Å². The molecule has 0 aliphatic heterocycles. The van der Waals surface area contributed by atoms with Crippen LogP contribution in [0, 0.1) is 0 Å². The molecule has 0 bridgehead atoms. The van der Waals surface area contributed by atoms with E-state index in [0.29, 0.717) is 6.54 Å². The van der Waals surface area contributed by atoms with Crippen LogP contribution in [0.4, 0.5) is 0 Å². The topological polar surface area (TPSA) is 55.1 Å². The number of benzene rings is 2. The summed E-state index contributed by atoms with van der Waals surface area (Å²) in [6.45, 7) is 0.632. The SMILES string of the molecule is O=C(O)c1ccc2cnn(Cc3ccccc3)c2c1. The van der Waals surface area contributed by atoms with Gasteiger partial charge in [-0.05, 0) is 17.7 Å². The maximum atomic E-state index is 11.0. The number of hydrogen-bond acceptors (Lipinski definition) is 2. The normalized spacial score (nSPS) is 10.7. The summed E-state index contributed by atoms with van der Waals surface area (Å²) in [5.41, 5.74) is 2.25. The molecular formula is C15H12N2O2. The average molecular weight is 252 g/mol. The molecule has 0 saturated heterocycles. The summed E-state index contributed by atoms with van der Waals surface area (Å²) in [6.07, 6.45) is 1.75. The fraction of sp³-hybridized carbons (Fsp3) is 0.0667. The average Bonchev–Trinajstić information content (AvgIpc) is 2.82. The fourth-order valence-electron chi connectivity index (χ4n) is 2.09. The lowest BCUT2D eigenvalue weighted by molar-refractivity contribution is 0.0697. The number of carboxylic acids is 1. The lowest BCUT2D eigenvalue weighted by atomic mass is 10.1. The van der Waals surface area contributed by atoms with E-state index in [-0.39, 0.29) is 5.56 Å². The minimum absolute atomic E-state index is 0.280. The second kappa shape index (κ2) is 4.57. The van der Waals surface area contributed by atoms with Crippen molar-refractivity contribution in [3.8, 4) is 0 Å². The van der Waals surface area contributed by atoms with Gasteiger partial charge >= 0.3 is 5.97 Å². The Morgan fingerprint density at radius 2 is 1.95 bits per heavy atom. The largest absolute Gasteiger partial charge is 0.478 e. The van der Waals surface area contributed by atoms with E-state index in [2.05, 4.69) is 5.10 Å². The number of aromatic carboxylic acids is 1. The van der Waals surface area contributed by atoms with Gasteiger partial charge in [0.25, 0.3) is 0 Å². The van der Waals surface area contributed by atoms with Gasteiger partial charge in [-0.15, -0.1) is 0 Å². The zero-order chi connectivity index (χ0) is 13.2. The molecule has 0 spiro atoms. The van der Waals surface area contributed by atoms with Crippen molar-refractivity contribution in [2.45, 2.75) is 6.54 Å². The molecule has 0 saturated carbocycles. The van der Waals surface area contributed by atoms with E-state index < -0.39 is 5.97 Å². The summed E-state index contributed by atoms with van der Waals surface area (Å²) in [5, 5.41) is 14.3. The van der Waals surface area contributed by atoms with Crippen molar-refractivity contribution in [1.29, 1.82) is 0 Å². The van der Waals surface area contributed by atoms with Gasteiger partial charge in [0.1, 0.15) is 0 Å². The van der Waals surface area contributed by atoms with Gasteiger partial charge in [0.05, 0.1) is 23.8 Å². The van der Waals surface area contributed by atoms with Gasteiger partial charge in [0, 0.05) is 5.39 Å². The van der Waals surface area contributed by atoms with Crippen LogP contribution in [-0.2, 0) is 6.54 Å². The first-order valence-corrected chi connectivity index (χ1v) is 5.97. The first kappa shape index (κ1) is 11.5. The van der Waals surface area contributed by atoms with E-state index in [1.54, 1.807) is 24.4 Å². The van der Waals surface area contributed by atoms with Crippen molar-refractivity contribution in [2.75, 3.05) is 0 Å². The van der Waals surface area contributed by atoms with Crippen LogP contribution in [0.1, 0.15) is 15.9 Å². The van der Waals surface area contributed by atoms with Gasteiger partial charge in [0.15, 0.2) is 0 Å². The van der Waals surface area contributed by atoms with Crippen molar-refractivity contribution >= 4 is 16.9 Å². The Kier molecular flexibility index (Phi) is 2.76. The Morgan fingerprint density at radius 1 is 1.16 bits per heavy atom. The Balaban J connectivity index is 2.04. The third-order valence-electron chi connectivity index (χ3n) is 3.07. The molecular weight excluding hydrogens is 240 g/mol. The molecule has 19 heavy (non-hydrogen) atoms. The van der Waals surface area contributed by atoms with Gasteiger partial charge in [-0.3, -0.25) is 4.68 Å². The first-order chi connectivity index (χ1) is 9.24. The number of rotatable bonds is 3. The highest BCUT2D eigenvalue weighted by Gasteiger charge is 2.08. The molecule has 94 valence electrons. The molecule has 0 atom stereocenters. The molecule has 2 aromatic carbocycles. The second-order valence-electron chi connectivity index (χ2n) is 4.37. The smallest absolute Gasteiger partial charge is 0.335 e. The summed E-state index contributed by atoms with van der Waals surface area (Å²) in [6, 6.07) is 15.0. The van der Waals surface area contributed by atoms with Crippen LogP contribution in [0.5, 0.6) is 0 Å². The van der Waals surface area contributed by atoms with Crippen molar-refractivity contribution < 1.29 is 9.90 Å². The third kappa shape index (κ3) is 2.20. The molecule has 0 aliphatic rings. The first-order valence-electron chi connectivity index (χ1n) is 5.97. The Hall–Kier alpha value is -2.62.